The van der Waals surface area contributed by atoms with Gasteiger partial charge in [0.2, 0.25) is 0 Å². The van der Waals surface area contributed by atoms with Crippen LogP contribution < -0.4 is 4.74 Å². The average Bonchev–Trinajstić information content (AvgIpc) is 2.88. The number of benzene rings is 1. The largest absolute Gasteiger partial charge is 0.465 e. The Balaban J connectivity index is 0.000000190. The molecular weight excluding hydrogens is 414 g/mol. The van der Waals surface area contributed by atoms with Crippen LogP contribution in [0.2, 0.25) is 0 Å². The van der Waals surface area contributed by atoms with E-state index >= 15 is 0 Å². The Morgan fingerprint density at radius 2 is 1.22 bits per heavy atom. The monoisotopic (exact) mass is 451 g/mol. The van der Waals surface area contributed by atoms with Crippen LogP contribution in [0.25, 0.3) is 10.4 Å². The van der Waals surface area contributed by atoms with Crippen molar-refractivity contribution in [2.24, 2.45) is 5.11 Å². The lowest BCUT2D eigenvalue weighted by Crippen LogP contribution is -2.24. The van der Waals surface area contributed by atoms with Crippen molar-refractivity contribution in [2.75, 3.05) is 34.0 Å². The molecule has 9 nitrogen and oxygen atoms in total. The average molecular weight is 452 g/mol. The number of azide groups is 1. The molecular formula is C23H37N3O6. The van der Waals surface area contributed by atoms with Crippen LogP contribution in [0, 0.1) is 0 Å². The molecule has 3 atom stereocenters. The van der Waals surface area contributed by atoms with Crippen molar-refractivity contribution in [3.05, 3.63) is 34.7 Å². The minimum atomic E-state index is -0.140. The quantitative estimate of drug-likeness (QED) is 0.316. The number of ether oxygens (including phenoxy) is 6. The lowest BCUT2D eigenvalue weighted by molar-refractivity contribution is -0.145. The maximum atomic E-state index is 8.26. The Kier molecular flexibility index (Phi) is 13.8. The summed E-state index contributed by atoms with van der Waals surface area (Å²) in [7, 11) is 3.38. The SMILES string of the molecule is CO[C@H]1CCCCO1.CO[C@H]1CCCCO1.[N-]=[N+]=Nc1ccc(O[C@H]2CCCCO2)cc1. The van der Waals surface area contributed by atoms with Crippen molar-refractivity contribution in [3.63, 3.8) is 0 Å². The van der Waals surface area contributed by atoms with Gasteiger partial charge in [0.15, 0.2) is 18.9 Å². The van der Waals surface area contributed by atoms with E-state index in [4.69, 9.17) is 34.0 Å². The van der Waals surface area contributed by atoms with Crippen molar-refractivity contribution in [1.29, 1.82) is 0 Å². The van der Waals surface area contributed by atoms with Gasteiger partial charge >= 0.3 is 0 Å². The molecule has 0 amide bonds. The first kappa shape index (κ1) is 26.4. The Hall–Kier alpha value is -1.87. The Morgan fingerprint density at radius 1 is 0.750 bits per heavy atom. The maximum Gasteiger partial charge on any atom is 0.199 e. The third-order valence-electron chi connectivity index (χ3n) is 5.20. The highest BCUT2D eigenvalue weighted by molar-refractivity contribution is 5.40. The molecule has 0 radical (unpaired) electrons. The van der Waals surface area contributed by atoms with Gasteiger partial charge in [-0.25, -0.2) is 0 Å². The predicted molar refractivity (Wildman–Crippen MR) is 121 cm³/mol. The van der Waals surface area contributed by atoms with E-state index < -0.39 is 0 Å². The molecule has 9 heteroatoms. The second kappa shape index (κ2) is 16.7. The molecule has 0 aromatic heterocycles. The molecule has 0 N–H and O–H groups in total. The molecule has 3 saturated heterocycles. The third kappa shape index (κ3) is 11.1. The summed E-state index contributed by atoms with van der Waals surface area (Å²) in [6.07, 6.45) is 10.2. The van der Waals surface area contributed by atoms with Gasteiger partial charge in [0.25, 0.3) is 0 Å². The van der Waals surface area contributed by atoms with Crippen molar-refractivity contribution < 1.29 is 28.4 Å². The van der Waals surface area contributed by atoms with Crippen LogP contribution in [0.15, 0.2) is 29.4 Å². The second-order valence-corrected chi connectivity index (χ2v) is 7.66. The van der Waals surface area contributed by atoms with E-state index in [0.717, 1.165) is 57.7 Å². The number of methoxy groups -OCH3 is 2. The van der Waals surface area contributed by atoms with Crippen LogP contribution >= 0.6 is 0 Å². The van der Waals surface area contributed by atoms with Gasteiger partial charge in [0.1, 0.15) is 5.75 Å². The van der Waals surface area contributed by atoms with Crippen molar-refractivity contribution in [3.8, 4) is 5.75 Å². The highest BCUT2D eigenvalue weighted by Crippen LogP contribution is 2.22. The fourth-order valence-corrected chi connectivity index (χ4v) is 3.39. The zero-order valence-electron chi connectivity index (χ0n) is 19.3. The minimum Gasteiger partial charge on any atom is -0.465 e. The number of nitrogens with zero attached hydrogens (tertiary/aromatic N) is 3. The predicted octanol–water partition coefficient (Wildman–Crippen LogP) is 5.85. The summed E-state index contributed by atoms with van der Waals surface area (Å²) in [5.74, 6) is 0.740. The van der Waals surface area contributed by atoms with Crippen molar-refractivity contribution in [1.82, 2.24) is 0 Å². The molecule has 3 aliphatic rings. The zero-order valence-corrected chi connectivity index (χ0v) is 19.3. The van der Waals surface area contributed by atoms with Gasteiger partial charge in [0, 0.05) is 44.5 Å². The van der Waals surface area contributed by atoms with Gasteiger partial charge < -0.3 is 28.4 Å². The Morgan fingerprint density at radius 3 is 1.56 bits per heavy atom. The van der Waals surface area contributed by atoms with Crippen LogP contribution in [0.5, 0.6) is 5.75 Å². The third-order valence-corrected chi connectivity index (χ3v) is 5.20. The topological polar surface area (TPSA) is 104 Å². The summed E-state index contributed by atoms with van der Waals surface area (Å²) in [6, 6.07) is 7.00. The highest BCUT2D eigenvalue weighted by Gasteiger charge is 2.15. The van der Waals surface area contributed by atoms with Crippen molar-refractivity contribution in [2.45, 2.75) is 76.7 Å². The van der Waals surface area contributed by atoms with Crippen molar-refractivity contribution >= 4 is 5.69 Å². The van der Waals surface area contributed by atoms with Crippen LogP contribution in [0.1, 0.15) is 57.8 Å². The number of hydrogen-bond donors (Lipinski definition) is 0. The van der Waals surface area contributed by atoms with Crippen LogP contribution in [0.4, 0.5) is 5.69 Å². The first-order valence-electron chi connectivity index (χ1n) is 11.5. The lowest BCUT2D eigenvalue weighted by Gasteiger charge is -2.23. The van der Waals surface area contributed by atoms with E-state index in [9.17, 15) is 0 Å². The molecule has 0 spiro atoms. The second-order valence-electron chi connectivity index (χ2n) is 7.66. The molecule has 3 fully saturated rings. The molecule has 1 aromatic carbocycles. The molecule has 3 aliphatic heterocycles. The minimum absolute atomic E-state index is 0.0868. The Bertz CT molecular complexity index is 618. The van der Waals surface area contributed by atoms with E-state index in [1.54, 1.807) is 38.5 Å². The lowest BCUT2D eigenvalue weighted by atomic mass is 10.2. The van der Waals surface area contributed by atoms with Gasteiger partial charge in [-0.2, -0.15) is 0 Å². The first-order chi connectivity index (χ1) is 15.7. The van der Waals surface area contributed by atoms with E-state index in [1.807, 2.05) is 0 Å². The maximum absolute atomic E-state index is 8.26. The standard InChI is InChI=1S/C11H13N3O2.2C6H12O2/c12-14-13-9-4-6-10(7-5-9)16-11-3-1-2-8-15-11;2*1-7-6-4-2-3-5-8-6/h4-7,11H,1-3,8H2;2*6H,2-5H2,1H3/t11-;2*6-/m011/s1. The van der Waals surface area contributed by atoms with Crippen LogP contribution in [0.3, 0.4) is 0 Å². The molecule has 4 rings (SSSR count). The highest BCUT2D eigenvalue weighted by atomic mass is 16.7. The molecule has 180 valence electrons. The summed E-state index contributed by atoms with van der Waals surface area (Å²) in [5.41, 5.74) is 8.84. The fraction of sp³-hybridized carbons (Fsp3) is 0.739. The van der Waals surface area contributed by atoms with E-state index in [-0.39, 0.29) is 18.9 Å². The summed E-state index contributed by atoms with van der Waals surface area (Å²) in [5, 5.41) is 3.49. The number of rotatable bonds is 5. The molecule has 0 aliphatic carbocycles. The first-order valence-corrected chi connectivity index (χ1v) is 11.5. The summed E-state index contributed by atoms with van der Waals surface area (Å²) in [6.45, 7) is 2.51. The van der Waals surface area contributed by atoms with Gasteiger partial charge in [-0.3, -0.25) is 0 Å². The van der Waals surface area contributed by atoms with E-state index in [0.29, 0.717) is 5.69 Å². The normalized spacial score (nSPS) is 25.1. The summed E-state index contributed by atoms with van der Waals surface area (Å²) < 4.78 is 31.4. The summed E-state index contributed by atoms with van der Waals surface area (Å²) >= 11 is 0. The molecule has 0 saturated carbocycles. The van der Waals surface area contributed by atoms with Crippen LogP contribution in [-0.2, 0) is 23.7 Å². The van der Waals surface area contributed by atoms with E-state index in [1.165, 1.54) is 25.7 Å². The van der Waals surface area contributed by atoms with Gasteiger partial charge in [-0.05, 0) is 81.2 Å². The zero-order chi connectivity index (χ0) is 22.9. The fourth-order valence-electron chi connectivity index (χ4n) is 3.39. The van der Waals surface area contributed by atoms with Gasteiger partial charge in [-0.15, -0.1) is 0 Å². The smallest absolute Gasteiger partial charge is 0.199 e. The molecule has 32 heavy (non-hydrogen) atoms. The van der Waals surface area contributed by atoms with E-state index in [2.05, 4.69) is 10.0 Å². The summed E-state index contributed by atoms with van der Waals surface area (Å²) in [4.78, 5) is 2.71. The van der Waals surface area contributed by atoms with Crippen LogP contribution in [-0.4, -0.2) is 52.9 Å². The van der Waals surface area contributed by atoms with Gasteiger partial charge in [0.05, 0.1) is 6.61 Å². The van der Waals surface area contributed by atoms with Gasteiger partial charge in [-0.1, -0.05) is 5.11 Å². The molecule has 1 aromatic rings. The number of hydrogen-bond acceptors (Lipinski definition) is 7. The molecule has 0 bridgehead atoms. The molecule has 0 unspecified atom stereocenters. The molecule has 3 heterocycles. The Labute approximate surface area is 190 Å².